The third-order valence-electron chi connectivity index (χ3n) is 7.66. The molecule has 0 radical (unpaired) electrons. The lowest BCUT2D eigenvalue weighted by Gasteiger charge is -2.35. The predicted octanol–water partition coefficient (Wildman–Crippen LogP) is 5.99. The number of fused-ring (bicyclic) bond motifs is 6. The molecule has 0 saturated carbocycles. The number of hydrogen-bond donors (Lipinski definition) is 1. The summed E-state index contributed by atoms with van der Waals surface area (Å²) in [7, 11) is 0. The highest BCUT2D eigenvalue weighted by atomic mass is 79.9. The molecule has 176 valence electrons. The molecule has 0 unspecified atom stereocenters. The molecule has 4 aromatic rings. The molecule has 0 aromatic heterocycles. The Balaban J connectivity index is 1.50. The van der Waals surface area contributed by atoms with E-state index in [1.807, 2.05) is 103 Å². The minimum absolute atomic E-state index is 0.0889. The summed E-state index contributed by atoms with van der Waals surface area (Å²) in [4.78, 5) is 30.1. The molecule has 0 bridgehead atoms. The molecule has 5 nitrogen and oxygen atoms in total. The highest BCUT2D eigenvalue weighted by molar-refractivity contribution is 9.10. The van der Waals surface area contributed by atoms with E-state index >= 15 is 0 Å². The molecular weight excluding hydrogens is 516 g/mol. The lowest BCUT2D eigenvalue weighted by Crippen LogP contribution is -2.50. The molecule has 1 N–H and O–H groups in total. The highest BCUT2D eigenvalue weighted by Crippen LogP contribution is 2.62. The van der Waals surface area contributed by atoms with Gasteiger partial charge in [0.05, 0.1) is 11.6 Å². The number of amides is 1. The van der Waals surface area contributed by atoms with Crippen molar-refractivity contribution in [3.05, 3.63) is 124 Å². The number of carbonyl (C=O) groups is 2. The second-order valence-electron chi connectivity index (χ2n) is 9.44. The first-order valence-electron chi connectivity index (χ1n) is 11.9. The minimum Gasteiger partial charge on any atom is -0.426 e. The lowest BCUT2D eigenvalue weighted by molar-refractivity contribution is -0.141. The third kappa shape index (κ3) is 2.85. The highest BCUT2D eigenvalue weighted by Gasteiger charge is 2.67. The molecule has 3 aliphatic heterocycles. The smallest absolute Gasteiger partial charge is 0.317 e. The van der Waals surface area contributed by atoms with Gasteiger partial charge in [-0.05, 0) is 42.0 Å². The van der Waals surface area contributed by atoms with E-state index in [4.69, 9.17) is 4.74 Å². The maximum Gasteiger partial charge on any atom is 0.317 e. The normalized spacial score (nSPS) is 25.9. The van der Waals surface area contributed by atoms with Gasteiger partial charge >= 0.3 is 5.97 Å². The van der Waals surface area contributed by atoms with Crippen molar-refractivity contribution < 1.29 is 14.3 Å². The van der Waals surface area contributed by atoms with Crippen LogP contribution in [0.15, 0.2) is 108 Å². The van der Waals surface area contributed by atoms with Crippen LogP contribution in [0, 0.1) is 5.92 Å². The molecule has 4 atom stereocenters. The van der Waals surface area contributed by atoms with Crippen molar-refractivity contribution in [3.8, 4) is 5.75 Å². The average molecular weight is 537 g/mol. The van der Waals surface area contributed by atoms with Gasteiger partial charge in [-0.2, -0.15) is 0 Å². The summed E-state index contributed by atoms with van der Waals surface area (Å²) < 4.78 is 6.79. The molecule has 1 spiro atoms. The minimum atomic E-state index is -1.13. The number of esters is 1. The van der Waals surface area contributed by atoms with E-state index in [0.29, 0.717) is 5.75 Å². The number of benzene rings is 4. The van der Waals surface area contributed by atoms with Crippen LogP contribution in [0.3, 0.4) is 0 Å². The van der Waals surface area contributed by atoms with Gasteiger partial charge in [-0.25, -0.2) is 0 Å². The number of nitrogens with zero attached hydrogens (tertiary/aromatic N) is 1. The number of rotatable bonds is 2. The molecule has 1 fully saturated rings. The molecule has 3 heterocycles. The van der Waals surface area contributed by atoms with Gasteiger partial charge in [0.25, 0.3) is 5.91 Å². The zero-order valence-corrected chi connectivity index (χ0v) is 20.7. The maximum atomic E-state index is 14.7. The van der Waals surface area contributed by atoms with Crippen LogP contribution in [0.1, 0.15) is 28.7 Å². The Morgan fingerprint density at radius 2 is 1.50 bits per heavy atom. The van der Waals surface area contributed by atoms with Crippen molar-refractivity contribution in [2.24, 2.45) is 5.92 Å². The number of halogens is 1. The van der Waals surface area contributed by atoms with Gasteiger partial charge < -0.3 is 4.74 Å². The van der Waals surface area contributed by atoms with E-state index in [2.05, 4.69) is 21.2 Å². The molecule has 6 heteroatoms. The number of para-hydroxylation sites is 3. The largest absolute Gasteiger partial charge is 0.426 e. The topological polar surface area (TPSA) is 58.6 Å². The Labute approximate surface area is 216 Å². The van der Waals surface area contributed by atoms with Crippen molar-refractivity contribution in [2.75, 3.05) is 4.90 Å². The fourth-order valence-corrected chi connectivity index (χ4v) is 6.49. The van der Waals surface area contributed by atoms with E-state index < -0.39 is 23.4 Å². The van der Waals surface area contributed by atoms with Gasteiger partial charge in [-0.15, -0.1) is 0 Å². The van der Waals surface area contributed by atoms with Crippen molar-refractivity contribution in [1.29, 1.82) is 0 Å². The van der Waals surface area contributed by atoms with Gasteiger partial charge in [0.2, 0.25) is 0 Å². The first kappa shape index (κ1) is 21.5. The van der Waals surface area contributed by atoms with Crippen LogP contribution in [-0.4, -0.2) is 11.9 Å². The van der Waals surface area contributed by atoms with E-state index in [0.717, 1.165) is 32.5 Å². The van der Waals surface area contributed by atoms with Gasteiger partial charge in [-0.1, -0.05) is 82.7 Å². The Morgan fingerprint density at radius 3 is 2.31 bits per heavy atom. The Bertz CT molecular complexity index is 1520. The van der Waals surface area contributed by atoms with Crippen LogP contribution in [0.5, 0.6) is 5.75 Å². The van der Waals surface area contributed by atoms with E-state index in [1.54, 1.807) is 4.90 Å². The number of carbonyl (C=O) groups excluding carboxylic acids is 2. The van der Waals surface area contributed by atoms with Crippen LogP contribution in [0.25, 0.3) is 0 Å². The van der Waals surface area contributed by atoms with Crippen LogP contribution in [0.2, 0.25) is 0 Å². The zero-order valence-electron chi connectivity index (χ0n) is 19.1. The van der Waals surface area contributed by atoms with Crippen LogP contribution >= 0.6 is 15.9 Å². The first-order chi connectivity index (χ1) is 17.6. The summed E-state index contributed by atoms with van der Waals surface area (Å²) in [5, 5.41) is 3.71. The first-order valence-corrected chi connectivity index (χ1v) is 12.7. The molecule has 0 aliphatic carbocycles. The summed E-state index contributed by atoms with van der Waals surface area (Å²) >= 11 is 3.51. The SMILES string of the molecule is O=C1Oc2ccccc2[C@@H]2[C@H]1[C@@H](c1ccc(Br)cc1)N[C@]21C(=O)N(c2ccccc2)c2ccccc21. The van der Waals surface area contributed by atoms with Crippen molar-refractivity contribution >= 4 is 39.2 Å². The molecular formula is C30H21BrN2O3. The van der Waals surface area contributed by atoms with Crippen LogP contribution in [0.4, 0.5) is 11.4 Å². The number of ether oxygens (including phenoxy) is 1. The summed E-state index contributed by atoms with van der Waals surface area (Å²) in [6.07, 6.45) is 0. The Morgan fingerprint density at radius 1 is 0.806 bits per heavy atom. The molecule has 36 heavy (non-hydrogen) atoms. The van der Waals surface area contributed by atoms with E-state index in [-0.39, 0.29) is 11.9 Å². The molecule has 7 rings (SSSR count). The molecule has 3 aliphatic rings. The van der Waals surface area contributed by atoms with Crippen molar-refractivity contribution in [3.63, 3.8) is 0 Å². The van der Waals surface area contributed by atoms with Gasteiger partial charge in [0, 0.05) is 33.2 Å². The fraction of sp³-hybridized carbons (Fsp3) is 0.133. The number of nitrogens with one attached hydrogen (secondary N) is 1. The van der Waals surface area contributed by atoms with Crippen LogP contribution in [-0.2, 0) is 15.1 Å². The quantitative estimate of drug-likeness (QED) is 0.252. The summed E-state index contributed by atoms with van der Waals surface area (Å²) in [6, 6.07) is 32.6. The predicted molar refractivity (Wildman–Crippen MR) is 140 cm³/mol. The molecule has 1 saturated heterocycles. The second kappa shape index (κ2) is 7.88. The van der Waals surface area contributed by atoms with E-state index in [9.17, 15) is 9.59 Å². The number of anilines is 2. The van der Waals surface area contributed by atoms with Gasteiger partial charge in [0.15, 0.2) is 0 Å². The van der Waals surface area contributed by atoms with Crippen molar-refractivity contribution in [1.82, 2.24) is 5.32 Å². The van der Waals surface area contributed by atoms with Crippen molar-refractivity contribution in [2.45, 2.75) is 17.5 Å². The lowest BCUT2D eigenvalue weighted by atomic mass is 9.70. The molecule has 4 aromatic carbocycles. The number of hydrogen-bond acceptors (Lipinski definition) is 4. The zero-order chi connectivity index (χ0) is 24.4. The molecule has 1 amide bonds. The monoisotopic (exact) mass is 536 g/mol. The van der Waals surface area contributed by atoms with Gasteiger partial charge in [-0.3, -0.25) is 19.8 Å². The third-order valence-corrected chi connectivity index (χ3v) is 8.19. The van der Waals surface area contributed by atoms with E-state index in [1.165, 1.54) is 0 Å². The summed E-state index contributed by atoms with van der Waals surface area (Å²) in [5.41, 5.74) is 3.16. The average Bonchev–Trinajstić information content (AvgIpc) is 3.40. The fourth-order valence-electron chi connectivity index (χ4n) is 6.23. The standard InChI is InChI=1S/C30H21BrN2O3/c31-19-16-14-18(15-17-19)27-25-26(21-10-4-7-13-24(21)36-28(25)34)30(32-27)22-11-5-6-12-23(22)33(29(30)35)20-8-2-1-3-9-20/h1-17,25-27,32H/t25-,26+,27+,30-/m0/s1. The second-order valence-corrected chi connectivity index (χ2v) is 10.4. The Kier molecular flexibility index (Phi) is 4.72. The Hall–Kier alpha value is -3.74. The summed E-state index contributed by atoms with van der Waals surface area (Å²) in [5.74, 6) is -0.905. The maximum absolute atomic E-state index is 14.7. The van der Waals surface area contributed by atoms with Crippen LogP contribution < -0.4 is 15.0 Å². The summed E-state index contributed by atoms with van der Waals surface area (Å²) in [6.45, 7) is 0. The van der Waals surface area contributed by atoms with Gasteiger partial charge in [0.1, 0.15) is 11.3 Å².